The molecule has 1 fully saturated rings. The predicted octanol–water partition coefficient (Wildman–Crippen LogP) is 3.82. The number of piperidine rings is 1. The molecule has 7 heteroatoms. The zero-order valence-corrected chi connectivity index (χ0v) is 14.2. The summed E-state index contributed by atoms with van der Waals surface area (Å²) in [5.41, 5.74) is 1.86. The molecule has 1 aliphatic heterocycles. The monoisotopic (exact) mass is 357 g/mol. The number of benzene rings is 1. The largest absolute Gasteiger partial charge is 0.317 e. The van der Waals surface area contributed by atoms with Gasteiger partial charge < -0.3 is 10.6 Å². The van der Waals surface area contributed by atoms with Crippen molar-refractivity contribution in [3.63, 3.8) is 0 Å². The summed E-state index contributed by atoms with van der Waals surface area (Å²) in [6.45, 7) is 1.82. The lowest BCUT2D eigenvalue weighted by molar-refractivity contribution is -0.120. The minimum Gasteiger partial charge on any atom is -0.317 e. The van der Waals surface area contributed by atoms with Gasteiger partial charge in [0.25, 0.3) is 0 Å². The Morgan fingerprint density at radius 2 is 1.95 bits per heavy atom. The van der Waals surface area contributed by atoms with Gasteiger partial charge in [-0.1, -0.05) is 23.7 Å². The molecule has 0 bridgehead atoms. The molecule has 0 unspecified atom stereocenters. The normalized spacial score (nSPS) is 15.1. The number of anilines is 1. The predicted molar refractivity (Wildman–Crippen MR) is 94.0 cm³/mol. The molecule has 2 aromatic rings. The van der Waals surface area contributed by atoms with Gasteiger partial charge in [0.15, 0.2) is 5.13 Å². The van der Waals surface area contributed by atoms with Crippen LogP contribution in [0.2, 0.25) is 5.02 Å². The van der Waals surface area contributed by atoms with Crippen molar-refractivity contribution in [1.29, 1.82) is 0 Å². The van der Waals surface area contributed by atoms with E-state index in [1.54, 1.807) is 0 Å². The van der Waals surface area contributed by atoms with Crippen molar-refractivity contribution in [3.05, 3.63) is 34.7 Å². The van der Waals surface area contributed by atoms with Crippen molar-refractivity contribution in [1.82, 2.24) is 10.3 Å². The van der Waals surface area contributed by atoms with Gasteiger partial charge in [-0.25, -0.2) is 4.98 Å². The van der Waals surface area contributed by atoms with E-state index in [9.17, 15) is 4.79 Å². The zero-order chi connectivity index (χ0) is 14.7. The Kier molecular flexibility index (Phi) is 6.20. The Balaban J connectivity index is 0.00000176. The van der Waals surface area contributed by atoms with Crippen molar-refractivity contribution in [2.45, 2.75) is 12.8 Å². The standard InChI is InChI=1S/C15H16ClN3OS.ClH/c16-12-3-1-10(2-4-12)13-9-21-15(18-13)19-14(20)11-5-7-17-8-6-11;/h1-4,9,11,17H,5-8H2,(H,18,19,20);1H. The lowest BCUT2D eigenvalue weighted by Gasteiger charge is -2.20. The van der Waals surface area contributed by atoms with Gasteiger partial charge in [-0.3, -0.25) is 4.79 Å². The minimum atomic E-state index is 0. The van der Waals surface area contributed by atoms with Crippen LogP contribution in [0.1, 0.15) is 12.8 Å². The van der Waals surface area contributed by atoms with E-state index in [0.29, 0.717) is 10.2 Å². The molecule has 3 rings (SSSR count). The zero-order valence-electron chi connectivity index (χ0n) is 11.8. The number of halogens is 2. The fourth-order valence-corrected chi connectivity index (χ4v) is 3.22. The van der Waals surface area contributed by atoms with E-state index >= 15 is 0 Å². The molecule has 118 valence electrons. The van der Waals surface area contributed by atoms with Gasteiger partial charge in [-0.15, -0.1) is 23.7 Å². The minimum absolute atomic E-state index is 0. The molecule has 0 spiro atoms. The van der Waals surface area contributed by atoms with Crippen molar-refractivity contribution in [2.24, 2.45) is 5.92 Å². The second-order valence-corrected chi connectivity index (χ2v) is 6.35. The highest BCUT2D eigenvalue weighted by molar-refractivity contribution is 7.14. The lowest BCUT2D eigenvalue weighted by Crippen LogP contribution is -2.34. The molecule has 22 heavy (non-hydrogen) atoms. The molecular formula is C15H17Cl2N3OS. The van der Waals surface area contributed by atoms with Crippen LogP contribution in [0.5, 0.6) is 0 Å². The van der Waals surface area contributed by atoms with Crippen LogP contribution in [0.4, 0.5) is 5.13 Å². The van der Waals surface area contributed by atoms with Gasteiger partial charge in [0.2, 0.25) is 5.91 Å². The number of nitrogens with one attached hydrogen (secondary N) is 2. The van der Waals surface area contributed by atoms with E-state index in [1.807, 2.05) is 29.6 Å². The van der Waals surface area contributed by atoms with Gasteiger partial charge in [0.1, 0.15) is 0 Å². The van der Waals surface area contributed by atoms with Crippen molar-refractivity contribution in [2.75, 3.05) is 18.4 Å². The average Bonchev–Trinajstić information content (AvgIpc) is 2.97. The molecule has 2 N–H and O–H groups in total. The fraction of sp³-hybridized carbons (Fsp3) is 0.333. The quantitative estimate of drug-likeness (QED) is 0.877. The van der Waals surface area contributed by atoms with Crippen molar-refractivity contribution in [3.8, 4) is 11.3 Å². The third-order valence-corrected chi connectivity index (χ3v) is 4.59. The Labute approximate surface area is 144 Å². The molecule has 1 aromatic heterocycles. The molecule has 1 aromatic carbocycles. The van der Waals surface area contributed by atoms with Crippen LogP contribution in [-0.2, 0) is 4.79 Å². The number of amides is 1. The molecule has 0 radical (unpaired) electrons. The van der Waals surface area contributed by atoms with Crippen molar-refractivity contribution >= 4 is 46.4 Å². The number of nitrogens with zero attached hydrogens (tertiary/aromatic N) is 1. The number of hydrogen-bond donors (Lipinski definition) is 2. The third-order valence-electron chi connectivity index (χ3n) is 3.58. The Bertz CT molecular complexity index is 624. The van der Waals surface area contributed by atoms with Gasteiger partial charge >= 0.3 is 0 Å². The van der Waals surface area contributed by atoms with E-state index in [1.165, 1.54) is 11.3 Å². The maximum atomic E-state index is 12.2. The first-order valence-corrected chi connectivity index (χ1v) is 8.21. The summed E-state index contributed by atoms with van der Waals surface area (Å²) in [5, 5.41) is 9.49. The van der Waals surface area contributed by atoms with E-state index in [2.05, 4.69) is 15.6 Å². The molecule has 1 aliphatic rings. The molecule has 2 heterocycles. The molecule has 4 nitrogen and oxygen atoms in total. The maximum absolute atomic E-state index is 12.2. The first-order valence-electron chi connectivity index (χ1n) is 6.95. The molecule has 0 atom stereocenters. The highest BCUT2D eigenvalue weighted by Gasteiger charge is 2.21. The highest BCUT2D eigenvalue weighted by Crippen LogP contribution is 2.26. The van der Waals surface area contributed by atoms with E-state index in [0.717, 1.165) is 37.2 Å². The number of carbonyl (C=O) groups excluding carboxylic acids is 1. The van der Waals surface area contributed by atoms with Crippen LogP contribution < -0.4 is 10.6 Å². The second-order valence-electron chi connectivity index (χ2n) is 5.06. The summed E-state index contributed by atoms with van der Waals surface area (Å²) in [7, 11) is 0. The molecule has 1 saturated heterocycles. The summed E-state index contributed by atoms with van der Waals surface area (Å²) in [5.74, 6) is 0.169. The smallest absolute Gasteiger partial charge is 0.229 e. The average molecular weight is 358 g/mol. The van der Waals surface area contributed by atoms with E-state index in [-0.39, 0.29) is 24.2 Å². The summed E-state index contributed by atoms with van der Waals surface area (Å²) < 4.78 is 0. The first kappa shape index (κ1) is 17.2. The Morgan fingerprint density at radius 3 is 2.64 bits per heavy atom. The van der Waals surface area contributed by atoms with Gasteiger partial charge in [0, 0.05) is 21.9 Å². The number of carbonyl (C=O) groups is 1. The van der Waals surface area contributed by atoms with Gasteiger partial charge in [-0.2, -0.15) is 0 Å². The van der Waals surface area contributed by atoms with Crippen LogP contribution in [0.25, 0.3) is 11.3 Å². The van der Waals surface area contributed by atoms with E-state index < -0.39 is 0 Å². The summed E-state index contributed by atoms with van der Waals surface area (Å²) in [6.07, 6.45) is 1.78. The molecule has 1 amide bonds. The van der Waals surface area contributed by atoms with Crippen LogP contribution in [0.15, 0.2) is 29.6 Å². The first-order chi connectivity index (χ1) is 10.2. The SMILES string of the molecule is Cl.O=C(Nc1nc(-c2ccc(Cl)cc2)cs1)C1CCNCC1. The van der Waals surface area contributed by atoms with Crippen LogP contribution in [0, 0.1) is 5.92 Å². The number of hydrogen-bond acceptors (Lipinski definition) is 4. The van der Waals surface area contributed by atoms with Crippen LogP contribution in [0.3, 0.4) is 0 Å². The molecule has 0 saturated carbocycles. The topological polar surface area (TPSA) is 54.0 Å². The maximum Gasteiger partial charge on any atom is 0.229 e. The number of aromatic nitrogens is 1. The fourth-order valence-electron chi connectivity index (χ4n) is 2.38. The van der Waals surface area contributed by atoms with E-state index in [4.69, 9.17) is 11.6 Å². The second kappa shape index (κ2) is 7.92. The number of thiazole rings is 1. The van der Waals surface area contributed by atoms with Crippen LogP contribution >= 0.6 is 35.3 Å². The summed E-state index contributed by atoms with van der Waals surface area (Å²) >= 11 is 7.33. The summed E-state index contributed by atoms with van der Waals surface area (Å²) in [4.78, 5) is 16.6. The number of rotatable bonds is 3. The highest BCUT2D eigenvalue weighted by atomic mass is 35.5. The molecular weight excluding hydrogens is 341 g/mol. The van der Waals surface area contributed by atoms with Crippen molar-refractivity contribution < 1.29 is 4.79 Å². The molecule has 0 aliphatic carbocycles. The van der Waals surface area contributed by atoms with Gasteiger partial charge in [0.05, 0.1) is 5.69 Å². The van der Waals surface area contributed by atoms with Crippen LogP contribution in [-0.4, -0.2) is 24.0 Å². The summed E-state index contributed by atoms with van der Waals surface area (Å²) in [6, 6.07) is 7.53. The lowest BCUT2D eigenvalue weighted by atomic mass is 9.97. The third kappa shape index (κ3) is 4.20. The Hall–Kier alpha value is -1.14. The Morgan fingerprint density at radius 1 is 1.27 bits per heavy atom. The van der Waals surface area contributed by atoms with Gasteiger partial charge in [-0.05, 0) is 38.1 Å².